The number of aryl methyl sites for hydroxylation is 2. The fourth-order valence-electron chi connectivity index (χ4n) is 2.86. The monoisotopic (exact) mass is 381 g/mol. The highest BCUT2D eigenvalue weighted by atomic mass is 35.5. The highest BCUT2D eigenvalue weighted by molar-refractivity contribution is 6.30. The van der Waals surface area contributed by atoms with Crippen molar-refractivity contribution in [1.29, 1.82) is 0 Å². The Kier molecular flexibility index (Phi) is 7.26. The van der Waals surface area contributed by atoms with E-state index < -0.39 is 11.8 Å². The number of nitrogens with one attached hydrogen (secondary N) is 2. The number of halogens is 1. The summed E-state index contributed by atoms with van der Waals surface area (Å²) in [6.07, 6.45) is 3.20. The summed E-state index contributed by atoms with van der Waals surface area (Å²) in [6, 6.07) is 3.50. The number of hydrogen-bond donors (Lipinski definition) is 2. The second-order valence-electron chi connectivity index (χ2n) is 6.38. The van der Waals surface area contributed by atoms with Gasteiger partial charge in [0, 0.05) is 18.0 Å². The normalized spacial score (nSPS) is 14.6. The molecule has 1 saturated heterocycles. The minimum Gasteiger partial charge on any atom is -0.483 e. The average molecular weight is 382 g/mol. The van der Waals surface area contributed by atoms with Gasteiger partial charge in [-0.25, -0.2) is 0 Å². The van der Waals surface area contributed by atoms with Gasteiger partial charge < -0.3 is 9.64 Å². The molecule has 26 heavy (non-hydrogen) atoms. The number of hydrogen-bond acceptors (Lipinski definition) is 4. The Balaban J connectivity index is 1.76. The minimum atomic E-state index is -0.491. The maximum absolute atomic E-state index is 11.9. The van der Waals surface area contributed by atoms with Crippen LogP contribution in [0.1, 0.15) is 36.8 Å². The van der Waals surface area contributed by atoms with Crippen molar-refractivity contribution in [1.82, 2.24) is 15.8 Å². The summed E-state index contributed by atoms with van der Waals surface area (Å²) < 4.78 is 5.51. The fraction of sp³-hybridized carbons (Fsp3) is 0.500. The lowest BCUT2D eigenvalue weighted by molar-refractivity contribution is -0.136. The highest BCUT2D eigenvalue weighted by Gasteiger charge is 2.19. The van der Waals surface area contributed by atoms with Crippen molar-refractivity contribution in [3.63, 3.8) is 0 Å². The molecule has 0 bridgehead atoms. The Morgan fingerprint density at radius 3 is 2.46 bits per heavy atom. The second kappa shape index (κ2) is 9.43. The summed E-state index contributed by atoms with van der Waals surface area (Å²) >= 11 is 5.96. The number of ether oxygens (including phenoxy) is 1. The summed E-state index contributed by atoms with van der Waals surface area (Å²) in [5.74, 6) is -0.367. The zero-order valence-corrected chi connectivity index (χ0v) is 15.8. The van der Waals surface area contributed by atoms with E-state index in [2.05, 4.69) is 10.9 Å². The molecule has 0 spiro atoms. The molecule has 0 saturated carbocycles. The zero-order valence-electron chi connectivity index (χ0n) is 15.1. The van der Waals surface area contributed by atoms with Crippen LogP contribution in [0.4, 0.5) is 0 Å². The topological polar surface area (TPSA) is 87.7 Å². The van der Waals surface area contributed by atoms with Gasteiger partial charge in [0.2, 0.25) is 5.91 Å². The first-order chi connectivity index (χ1) is 12.4. The van der Waals surface area contributed by atoms with Crippen LogP contribution in [0.3, 0.4) is 0 Å². The Bertz CT molecular complexity index is 670. The third-order valence-corrected chi connectivity index (χ3v) is 4.34. The van der Waals surface area contributed by atoms with E-state index in [4.69, 9.17) is 16.3 Å². The van der Waals surface area contributed by atoms with Gasteiger partial charge in [0.1, 0.15) is 12.3 Å². The van der Waals surface area contributed by atoms with Crippen LogP contribution in [-0.2, 0) is 14.4 Å². The quantitative estimate of drug-likeness (QED) is 0.762. The van der Waals surface area contributed by atoms with Gasteiger partial charge >= 0.3 is 0 Å². The maximum Gasteiger partial charge on any atom is 0.276 e. The van der Waals surface area contributed by atoms with Gasteiger partial charge in [-0.15, -0.1) is 0 Å². The van der Waals surface area contributed by atoms with Crippen LogP contribution < -0.4 is 15.6 Å². The summed E-state index contributed by atoms with van der Waals surface area (Å²) in [6.45, 7) is 3.94. The van der Waals surface area contributed by atoms with Crippen molar-refractivity contribution in [2.24, 2.45) is 0 Å². The second-order valence-corrected chi connectivity index (χ2v) is 6.82. The van der Waals surface area contributed by atoms with Crippen LogP contribution in [0.25, 0.3) is 0 Å². The van der Waals surface area contributed by atoms with E-state index >= 15 is 0 Å². The van der Waals surface area contributed by atoms with Gasteiger partial charge in [-0.3, -0.25) is 25.2 Å². The standard InChI is InChI=1S/C18H24ClN3O4/c1-12-8-14(19)9-13(2)18(12)26-11-16(24)21-20-15(23)10-22-7-5-3-4-6-17(22)25/h8-9H,3-7,10-11H2,1-2H3,(H,20,23)(H,21,24). The van der Waals surface area contributed by atoms with Crippen molar-refractivity contribution in [2.75, 3.05) is 19.7 Å². The van der Waals surface area contributed by atoms with E-state index in [-0.39, 0.29) is 19.1 Å². The molecule has 1 aromatic carbocycles. The Labute approximate surface area is 158 Å². The Hall–Kier alpha value is -2.28. The number of rotatable bonds is 5. The summed E-state index contributed by atoms with van der Waals surface area (Å²) in [4.78, 5) is 37.2. The molecule has 2 N–H and O–H groups in total. The molecule has 2 rings (SSSR count). The van der Waals surface area contributed by atoms with Gasteiger partial charge in [-0.1, -0.05) is 18.0 Å². The predicted octanol–water partition coefficient (Wildman–Crippen LogP) is 1.89. The van der Waals surface area contributed by atoms with Crippen LogP contribution in [-0.4, -0.2) is 42.3 Å². The summed E-state index contributed by atoms with van der Waals surface area (Å²) in [5, 5.41) is 0.604. The van der Waals surface area contributed by atoms with Crippen LogP contribution in [0.2, 0.25) is 5.02 Å². The molecule has 1 aliphatic rings. The molecular weight excluding hydrogens is 358 g/mol. The van der Waals surface area contributed by atoms with E-state index in [1.807, 2.05) is 13.8 Å². The molecule has 1 heterocycles. The minimum absolute atomic E-state index is 0.0269. The molecule has 0 atom stereocenters. The van der Waals surface area contributed by atoms with Crippen molar-refractivity contribution in [3.05, 3.63) is 28.3 Å². The smallest absolute Gasteiger partial charge is 0.276 e. The lowest BCUT2D eigenvalue weighted by Crippen LogP contribution is -2.48. The maximum atomic E-state index is 11.9. The molecule has 0 aliphatic carbocycles. The lowest BCUT2D eigenvalue weighted by Gasteiger charge is -2.20. The molecule has 7 nitrogen and oxygen atoms in total. The van der Waals surface area contributed by atoms with Gasteiger partial charge in [0.15, 0.2) is 6.61 Å². The number of hydrazine groups is 1. The molecule has 8 heteroatoms. The SMILES string of the molecule is Cc1cc(Cl)cc(C)c1OCC(=O)NNC(=O)CN1CCCCCC1=O. The first-order valence-corrected chi connectivity index (χ1v) is 8.99. The number of benzene rings is 1. The molecule has 142 valence electrons. The van der Waals surface area contributed by atoms with Crippen molar-refractivity contribution >= 4 is 29.3 Å². The van der Waals surface area contributed by atoms with Crippen LogP contribution in [0.5, 0.6) is 5.75 Å². The number of likely N-dealkylation sites (tertiary alicyclic amines) is 1. The van der Waals surface area contributed by atoms with E-state index in [9.17, 15) is 14.4 Å². The number of amides is 3. The molecule has 0 unspecified atom stereocenters. The van der Waals surface area contributed by atoms with E-state index in [0.29, 0.717) is 23.7 Å². The van der Waals surface area contributed by atoms with Gasteiger partial charge in [0.25, 0.3) is 11.8 Å². The Morgan fingerprint density at radius 2 is 1.77 bits per heavy atom. The molecule has 0 aromatic heterocycles. The lowest BCUT2D eigenvalue weighted by atomic mass is 10.1. The summed E-state index contributed by atoms with van der Waals surface area (Å²) in [7, 11) is 0. The zero-order chi connectivity index (χ0) is 19.1. The third-order valence-electron chi connectivity index (χ3n) is 4.12. The molecule has 1 aromatic rings. The average Bonchev–Trinajstić information content (AvgIpc) is 2.76. The van der Waals surface area contributed by atoms with E-state index in [0.717, 1.165) is 30.4 Å². The molecule has 0 radical (unpaired) electrons. The summed E-state index contributed by atoms with van der Waals surface area (Å²) in [5.41, 5.74) is 6.26. The van der Waals surface area contributed by atoms with Crippen molar-refractivity contribution in [2.45, 2.75) is 39.5 Å². The van der Waals surface area contributed by atoms with Crippen molar-refractivity contribution in [3.8, 4) is 5.75 Å². The van der Waals surface area contributed by atoms with Crippen LogP contribution in [0.15, 0.2) is 12.1 Å². The van der Waals surface area contributed by atoms with Crippen molar-refractivity contribution < 1.29 is 19.1 Å². The van der Waals surface area contributed by atoms with Crippen LogP contribution in [0, 0.1) is 13.8 Å². The Morgan fingerprint density at radius 1 is 1.12 bits per heavy atom. The first kappa shape index (κ1) is 20.0. The van der Waals surface area contributed by atoms with Crippen LogP contribution >= 0.6 is 11.6 Å². The van der Waals surface area contributed by atoms with Gasteiger partial charge in [-0.2, -0.15) is 0 Å². The molecular formula is C18H24ClN3O4. The van der Waals surface area contributed by atoms with E-state index in [1.165, 1.54) is 4.90 Å². The fourth-order valence-corrected chi connectivity index (χ4v) is 3.18. The number of carbonyl (C=O) groups excluding carboxylic acids is 3. The molecule has 1 aliphatic heterocycles. The third kappa shape index (κ3) is 5.91. The number of carbonyl (C=O) groups is 3. The van der Waals surface area contributed by atoms with Gasteiger partial charge in [0.05, 0.1) is 0 Å². The first-order valence-electron chi connectivity index (χ1n) is 8.62. The highest BCUT2D eigenvalue weighted by Crippen LogP contribution is 2.26. The molecule has 1 fully saturated rings. The van der Waals surface area contributed by atoms with E-state index in [1.54, 1.807) is 12.1 Å². The largest absolute Gasteiger partial charge is 0.483 e. The predicted molar refractivity (Wildman–Crippen MR) is 97.8 cm³/mol. The van der Waals surface area contributed by atoms with Gasteiger partial charge in [-0.05, 0) is 49.9 Å². The number of nitrogens with zero attached hydrogens (tertiary/aromatic N) is 1. The molecule has 3 amide bonds.